The molecule has 0 aromatic carbocycles. The summed E-state index contributed by atoms with van der Waals surface area (Å²) in [6, 6.07) is 1.55. The predicted molar refractivity (Wildman–Crippen MR) is 44.8 cm³/mol. The molecule has 3 N–H and O–H groups in total. The van der Waals surface area contributed by atoms with Gasteiger partial charge in [-0.25, -0.2) is 0 Å². The van der Waals surface area contributed by atoms with Crippen molar-refractivity contribution in [2.24, 2.45) is 0 Å². The summed E-state index contributed by atoms with van der Waals surface area (Å²) < 4.78 is 37.1. The molecule has 16 heavy (non-hydrogen) atoms. The Morgan fingerprint density at radius 1 is 1.50 bits per heavy atom. The van der Waals surface area contributed by atoms with Gasteiger partial charge in [-0.2, -0.15) is 23.5 Å². The van der Waals surface area contributed by atoms with E-state index in [0.717, 1.165) is 6.20 Å². The van der Waals surface area contributed by atoms with Crippen molar-refractivity contribution >= 4 is 0 Å². The molecule has 0 aliphatic carbocycles. The Morgan fingerprint density at radius 2 is 2.12 bits per heavy atom. The predicted octanol–water partition coefficient (Wildman–Crippen LogP) is 0.736. The van der Waals surface area contributed by atoms with E-state index in [1.54, 1.807) is 11.2 Å². The SMILES string of the molecule is N#CCC(O)C(O)c1cn[nH]c1C(F)(F)F. The van der Waals surface area contributed by atoms with Crippen LogP contribution in [0, 0.1) is 11.3 Å². The van der Waals surface area contributed by atoms with Gasteiger partial charge in [0.25, 0.3) is 0 Å². The average molecular weight is 235 g/mol. The van der Waals surface area contributed by atoms with Crippen LogP contribution in [0.5, 0.6) is 0 Å². The van der Waals surface area contributed by atoms with Crippen molar-refractivity contribution in [1.29, 1.82) is 5.26 Å². The van der Waals surface area contributed by atoms with Gasteiger partial charge >= 0.3 is 6.18 Å². The molecule has 0 saturated heterocycles. The number of aliphatic hydroxyl groups excluding tert-OH is 2. The zero-order valence-electron chi connectivity index (χ0n) is 7.86. The number of aromatic amines is 1. The molecule has 0 aliphatic rings. The Morgan fingerprint density at radius 3 is 2.62 bits per heavy atom. The van der Waals surface area contributed by atoms with Crippen molar-refractivity contribution in [2.45, 2.75) is 24.8 Å². The third-order valence-electron chi connectivity index (χ3n) is 1.94. The number of hydrogen-bond acceptors (Lipinski definition) is 4. The van der Waals surface area contributed by atoms with Crippen LogP contribution in [-0.2, 0) is 6.18 Å². The summed E-state index contributed by atoms with van der Waals surface area (Å²) in [6.45, 7) is 0. The highest BCUT2D eigenvalue weighted by atomic mass is 19.4. The number of aliphatic hydroxyl groups is 2. The van der Waals surface area contributed by atoms with E-state index in [-0.39, 0.29) is 0 Å². The molecular weight excluding hydrogens is 227 g/mol. The van der Waals surface area contributed by atoms with Crippen molar-refractivity contribution in [3.8, 4) is 6.07 Å². The van der Waals surface area contributed by atoms with Crippen LogP contribution in [-0.4, -0.2) is 26.5 Å². The molecule has 0 aliphatic heterocycles. The van der Waals surface area contributed by atoms with E-state index in [1.807, 2.05) is 0 Å². The minimum atomic E-state index is -4.70. The molecule has 0 amide bonds. The first-order valence-corrected chi connectivity index (χ1v) is 4.21. The standard InChI is InChI=1S/C8H8F3N3O2/c9-8(10,11)7-4(3-13-14-7)6(16)5(15)1-2-12/h3,5-6,15-16H,1H2,(H,13,14). The highest BCUT2D eigenvalue weighted by Gasteiger charge is 2.38. The summed E-state index contributed by atoms with van der Waals surface area (Å²) >= 11 is 0. The zero-order chi connectivity index (χ0) is 12.3. The average Bonchev–Trinajstić information content (AvgIpc) is 2.64. The lowest BCUT2D eigenvalue weighted by Crippen LogP contribution is -2.20. The third kappa shape index (κ3) is 2.50. The van der Waals surface area contributed by atoms with Crippen molar-refractivity contribution in [3.05, 3.63) is 17.5 Å². The van der Waals surface area contributed by atoms with Gasteiger partial charge in [0.2, 0.25) is 0 Å². The first-order chi connectivity index (χ1) is 7.38. The number of halogens is 3. The van der Waals surface area contributed by atoms with Gasteiger partial charge in [-0.05, 0) is 0 Å². The van der Waals surface area contributed by atoms with E-state index in [4.69, 9.17) is 5.26 Å². The van der Waals surface area contributed by atoms with E-state index in [1.165, 1.54) is 0 Å². The van der Waals surface area contributed by atoms with Gasteiger partial charge in [0.1, 0.15) is 11.8 Å². The van der Waals surface area contributed by atoms with E-state index in [9.17, 15) is 23.4 Å². The molecule has 0 radical (unpaired) electrons. The van der Waals surface area contributed by atoms with Crippen molar-refractivity contribution in [3.63, 3.8) is 0 Å². The lowest BCUT2D eigenvalue weighted by atomic mass is 10.0. The fourth-order valence-electron chi connectivity index (χ4n) is 1.16. The van der Waals surface area contributed by atoms with Crippen LogP contribution >= 0.6 is 0 Å². The van der Waals surface area contributed by atoms with Crippen LogP contribution in [0.25, 0.3) is 0 Å². The molecule has 2 atom stereocenters. The van der Waals surface area contributed by atoms with Crippen LogP contribution in [0.2, 0.25) is 0 Å². The smallest absolute Gasteiger partial charge is 0.389 e. The maximum absolute atomic E-state index is 12.4. The third-order valence-corrected chi connectivity index (χ3v) is 1.94. The van der Waals surface area contributed by atoms with Crippen LogP contribution in [0.1, 0.15) is 23.8 Å². The molecule has 0 bridgehead atoms. The molecule has 1 aromatic heterocycles. The molecule has 88 valence electrons. The molecule has 8 heteroatoms. The highest BCUT2D eigenvalue weighted by molar-refractivity contribution is 5.23. The van der Waals surface area contributed by atoms with E-state index < -0.39 is 36.1 Å². The maximum Gasteiger partial charge on any atom is 0.433 e. The quantitative estimate of drug-likeness (QED) is 0.720. The molecule has 5 nitrogen and oxygen atoms in total. The molecule has 1 heterocycles. The van der Waals surface area contributed by atoms with Gasteiger partial charge in [-0.1, -0.05) is 0 Å². The summed E-state index contributed by atoms with van der Waals surface area (Å²) in [5.41, 5.74) is -1.80. The molecule has 0 fully saturated rings. The fourth-order valence-corrected chi connectivity index (χ4v) is 1.16. The lowest BCUT2D eigenvalue weighted by Gasteiger charge is -2.16. The van der Waals surface area contributed by atoms with Gasteiger partial charge in [-0.15, -0.1) is 0 Å². The van der Waals surface area contributed by atoms with Crippen molar-refractivity contribution < 1.29 is 23.4 Å². The lowest BCUT2D eigenvalue weighted by molar-refractivity contribution is -0.143. The summed E-state index contributed by atoms with van der Waals surface area (Å²) in [6.07, 6.45) is -7.77. The van der Waals surface area contributed by atoms with Crippen molar-refractivity contribution in [2.75, 3.05) is 0 Å². The van der Waals surface area contributed by atoms with Crippen LogP contribution in [0.4, 0.5) is 13.2 Å². The normalized spacial score (nSPS) is 15.5. The molecule has 0 saturated carbocycles. The number of H-pyrrole nitrogens is 1. The number of nitrogens with zero attached hydrogens (tertiary/aromatic N) is 2. The Kier molecular flexibility index (Phi) is 3.51. The molecule has 0 spiro atoms. The number of nitriles is 1. The molecule has 2 unspecified atom stereocenters. The largest absolute Gasteiger partial charge is 0.433 e. The second-order valence-electron chi connectivity index (χ2n) is 3.07. The first-order valence-electron chi connectivity index (χ1n) is 4.21. The van der Waals surface area contributed by atoms with E-state index in [2.05, 4.69) is 5.10 Å². The van der Waals surface area contributed by atoms with Gasteiger partial charge in [0.05, 0.1) is 24.8 Å². The number of aromatic nitrogens is 2. The van der Waals surface area contributed by atoms with E-state index in [0.29, 0.717) is 0 Å². The summed E-state index contributed by atoms with van der Waals surface area (Å²) in [4.78, 5) is 0. The number of nitrogens with one attached hydrogen (secondary N) is 1. The van der Waals surface area contributed by atoms with Crippen molar-refractivity contribution in [1.82, 2.24) is 10.2 Å². The number of rotatable bonds is 3. The summed E-state index contributed by atoms with van der Waals surface area (Å²) in [5, 5.41) is 31.7. The molecule has 1 aromatic rings. The van der Waals surface area contributed by atoms with Gasteiger partial charge < -0.3 is 10.2 Å². The van der Waals surface area contributed by atoms with Gasteiger partial charge in [-0.3, -0.25) is 5.10 Å². The second kappa shape index (κ2) is 4.51. The fraction of sp³-hybridized carbons (Fsp3) is 0.500. The highest BCUT2D eigenvalue weighted by Crippen LogP contribution is 2.33. The zero-order valence-corrected chi connectivity index (χ0v) is 7.86. The Balaban J connectivity index is 2.97. The van der Waals surface area contributed by atoms with Crippen LogP contribution in [0.15, 0.2) is 6.20 Å². The summed E-state index contributed by atoms with van der Waals surface area (Å²) in [7, 11) is 0. The topological polar surface area (TPSA) is 92.9 Å². The minimum absolute atomic E-state index is 0.469. The number of hydrogen-bond donors (Lipinski definition) is 3. The first kappa shape index (κ1) is 12.5. The van der Waals surface area contributed by atoms with Gasteiger partial charge in [0, 0.05) is 5.56 Å². The monoisotopic (exact) mass is 235 g/mol. The maximum atomic E-state index is 12.4. The molecule has 1 rings (SSSR count). The van der Waals surface area contributed by atoms with E-state index >= 15 is 0 Å². The Labute approximate surface area is 88.1 Å². The Hall–Kier alpha value is -1.59. The van der Waals surface area contributed by atoms with Crippen LogP contribution < -0.4 is 0 Å². The summed E-state index contributed by atoms with van der Waals surface area (Å²) in [5.74, 6) is 0. The van der Waals surface area contributed by atoms with Crippen LogP contribution in [0.3, 0.4) is 0 Å². The number of alkyl halides is 3. The Bertz CT molecular complexity index is 396. The molecular formula is C8H8F3N3O2. The second-order valence-corrected chi connectivity index (χ2v) is 3.07. The minimum Gasteiger partial charge on any atom is -0.389 e. The van der Waals surface area contributed by atoms with Gasteiger partial charge in [0.15, 0.2) is 0 Å².